The predicted octanol–water partition coefficient (Wildman–Crippen LogP) is 3.59. The molecule has 0 spiro atoms. The number of hydrogen-bond donors (Lipinski definition) is 1. The lowest BCUT2D eigenvalue weighted by molar-refractivity contribution is -0.118. The van der Waals surface area contributed by atoms with Gasteiger partial charge in [-0.15, -0.1) is 11.3 Å². The molecule has 10 heteroatoms. The van der Waals surface area contributed by atoms with E-state index in [1.807, 2.05) is 0 Å². The summed E-state index contributed by atoms with van der Waals surface area (Å²) in [6.45, 7) is 6.56. The van der Waals surface area contributed by atoms with Crippen molar-refractivity contribution < 1.29 is 18.7 Å². The van der Waals surface area contributed by atoms with Crippen molar-refractivity contribution in [3.63, 3.8) is 0 Å². The van der Waals surface area contributed by atoms with Crippen molar-refractivity contribution in [2.75, 3.05) is 18.9 Å². The second-order valence-electron chi connectivity index (χ2n) is 6.81. The summed E-state index contributed by atoms with van der Waals surface area (Å²) >= 11 is 2.32. The lowest BCUT2D eigenvalue weighted by Gasteiger charge is -2.11. The number of unbranched alkanes of at least 4 members (excludes halogenated alkanes) is 1. The molecule has 1 amide bonds. The van der Waals surface area contributed by atoms with E-state index < -0.39 is 5.97 Å². The van der Waals surface area contributed by atoms with E-state index in [0.717, 1.165) is 24.2 Å². The Morgan fingerprint density at radius 3 is 2.84 bits per heavy atom. The first-order valence-electron chi connectivity index (χ1n) is 10.1. The first kappa shape index (κ1) is 23.1. The van der Waals surface area contributed by atoms with E-state index in [1.54, 1.807) is 26.0 Å². The van der Waals surface area contributed by atoms with Gasteiger partial charge in [-0.3, -0.25) is 14.2 Å². The number of ether oxygens (including phenoxy) is 1. The van der Waals surface area contributed by atoms with Crippen molar-refractivity contribution >= 4 is 45.2 Å². The molecule has 0 aromatic carbocycles. The van der Waals surface area contributed by atoms with E-state index in [1.165, 1.54) is 22.6 Å². The lowest BCUT2D eigenvalue weighted by atomic mass is 10.2. The maximum Gasteiger partial charge on any atom is 0.348 e. The summed E-state index contributed by atoms with van der Waals surface area (Å²) in [7, 11) is 0. The Morgan fingerprint density at radius 2 is 2.16 bits per heavy atom. The second kappa shape index (κ2) is 10.6. The summed E-state index contributed by atoms with van der Waals surface area (Å²) in [5.41, 5.74) is 0.276. The van der Waals surface area contributed by atoms with Gasteiger partial charge in [-0.1, -0.05) is 25.1 Å². The standard InChI is InChI=1S/C21H25N3O5S2/c1-4-6-9-22-15(25)12-30-21-23-18-16(13(3)17(31-18)20(27)28-5-2)19(26)24(21)11-14-8-7-10-29-14/h7-8,10H,4-6,9,11-12H2,1-3H3,(H,22,25). The maximum atomic E-state index is 13.4. The fourth-order valence-electron chi connectivity index (χ4n) is 2.98. The number of esters is 1. The molecule has 3 heterocycles. The van der Waals surface area contributed by atoms with Gasteiger partial charge < -0.3 is 14.5 Å². The number of furan rings is 1. The summed E-state index contributed by atoms with van der Waals surface area (Å²) in [5.74, 6) is 0.141. The van der Waals surface area contributed by atoms with E-state index in [0.29, 0.717) is 38.1 Å². The number of amides is 1. The number of nitrogens with one attached hydrogen (secondary N) is 1. The van der Waals surface area contributed by atoms with E-state index in [2.05, 4.69) is 17.2 Å². The number of hydrogen-bond acceptors (Lipinski definition) is 8. The number of aromatic nitrogens is 2. The summed E-state index contributed by atoms with van der Waals surface area (Å²) in [5, 5.41) is 3.65. The van der Waals surface area contributed by atoms with Crippen LogP contribution in [0.4, 0.5) is 0 Å². The molecule has 0 bridgehead atoms. The maximum absolute atomic E-state index is 13.4. The molecule has 0 unspecified atom stereocenters. The highest BCUT2D eigenvalue weighted by molar-refractivity contribution is 7.99. The third-order valence-corrected chi connectivity index (χ3v) is 6.70. The molecule has 3 rings (SSSR count). The average Bonchev–Trinajstić information content (AvgIpc) is 3.37. The van der Waals surface area contributed by atoms with Gasteiger partial charge in [-0.2, -0.15) is 0 Å². The Kier molecular flexibility index (Phi) is 7.91. The fourth-order valence-corrected chi connectivity index (χ4v) is 4.93. The summed E-state index contributed by atoms with van der Waals surface area (Å²) < 4.78 is 12.0. The Labute approximate surface area is 188 Å². The topological polar surface area (TPSA) is 103 Å². The number of nitrogens with zero attached hydrogens (tertiary/aromatic N) is 2. The molecule has 1 N–H and O–H groups in total. The molecule has 0 aliphatic rings. The van der Waals surface area contributed by atoms with Crippen molar-refractivity contribution in [2.24, 2.45) is 0 Å². The van der Waals surface area contributed by atoms with Crippen molar-refractivity contribution in [1.82, 2.24) is 14.9 Å². The molecule has 0 radical (unpaired) electrons. The quantitative estimate of drug-likeness (QED) is 0.212. The number of aryl methyl sites for hydroxylation is 1. The zero-order valence-corrected chi connectivity index (χ0v) is 19.4. The van der Waals surface area contributed by atoms with Crippen LogP contribution in [0.3, 0.4) is 0 Å². The van der Waals surface area contributed by atoms with Crippen LogP contribution in [0.1, 0.15) is 47.7 Å². The smallest absolute Gasteiger partial charge is 0.348 e. The number of thiophene rings is 1. The fraction of sp³-hybridized carbons (Fsp3) is 0.429. The van der Waals surface area contributed by atoms with Gasteiger partial charge in [0.05, 0.1) is 30.6 Å². The Hall–Kier alpha value is -2.59. The molecular formula is C21H25N3O5S2. The SMILES string of the molecule is CCCCNC(=O)CSc1nc2sc(C(=O)OCC)c(C)c2c(=O)n1Cc1ccco1. The van der Waals surface area contributed by atoms with Crippen molar-refractivity contribution in [3.05, 3.63) is 45.0 Å². The molecule has 31 heavy (non-hydrogen) atoms. The van der Waals surface area contributed by atoms with Gasteiger partial charge in [0, 0.05) is 6.54 Å². The molecule has 3 aromatic rings. The monoisotopic (exact) mass is 463 g/mol. The van der Waals surface area contributed by atoms with Crippen LogP contribution in [0, 0.1) is 6.92 Å². The normalized spacial score (nSPS) is 11.1. The third kappa shape index (κ3) is 5.37. The zero-order valence-electron chi connectivity index (χ0n) is 17.7. The molecule has 0 saturated carbocycles. The van der Waals surface area contributed by atoms with E-state index in [9.17, 15) is 14.4 Å². The molecule has 0 atom stereocenters. The Balaban J connectivity index is 1.98. The van der Waals surface area contributed by atoms with Gasteiger partial charge in [0.2, 0.25) is 5.91 Å². The van der Waals surface area contributed by atoms with Gasteiger partial charge in [-0.25, -0.2) is 9.78 Å². The van der Waals surface area contributed by atoms with Gasteiger partial charge >= 0.3 is 5.97 Å². The van der Waals surface area contributed by atoms with Crippen LogP contribution in [-0.2, 0) is 16.1 Å². The molecule has 166 valence electrons. The van der Waals surface area contributed by atoms with Crippen LogP contribution in [0.25, 0.3) is 10.2 Å². The number of thioether (sulfide) groups is 1. The Bertz CT molecular complexity index is 1120. The van der Waals surface area contributed by atoms with E-state index >= 15 is 0 Å². The second-order valence-corrected chi connectivity index (χ2v) is 8.76. The Morgan fingerprint density at radius 1 is 1.35 bits per heavy atom. The van der Waals surface area contributed by atoms with Gasteiger partial charge in [0.15, 0.2) is 5.16 Å². The number of rotatable bonds is 10. The highest BCUT2D eigenvalue weighted by Crippen LogP contribution is 2.30. The van der Waals surface area contributed by atoms with Crippen LogP contribution in [0.15, 0.2) is 32.8 Å². The average molecular weight is 464 g/mol. The van der Waals surface area contributed by atoms with Crippen LogP contribution in [0.5, 0.6) is 0 Å². The summed E-state index contributed by atoms with van der Waals surface area (Å²) in [6, 6.07) is 3.52. The lowest BCUT2D eigenvalue weighted by Crippen LogP contribution is -2.27. The van der Waals surface area contributed by atoms with E-state index in [4.69, 9.17) is 9.15 Å². The molecule has 0 aliphatic carbocycles. The van der Waals surface area contributed by atoms with Gasteiger partial charge in [-0.05, 0) is 38.0 Å². The van der Waals surface area contributed by atoms with Crippen LogP contribution >= 0.6 is 23.1 Å². The highest BCUT2D eigenvalue weighted by atomic mass is 32.2. The van der Waals surface area contributed by atoms with Gasteiger partial charge in [0.25, 0.3) is 5.56 Å². The summed E-state index contributed by atoms with van der Waals surface area (Å²) in [6.07, 6.45) is 3.44. The zero-order chi connectivity index (χ0) is 22.4. The number of carbonyl (C=O) groups excluding carboxylic acids is 2. The summed E-state index contributed by atoms with van der Waals surface area (Å²) in [4.78, 5) is 43.3. The molecule has 0 fully saturated rings. The highest BCUT2D eigenvalue weighted by Gasteiger charge is 2.23. The van der Waals surface area contributed by atoms with Crippen LogP contribution in [0.2, 0.25) is 0 Å². The first-order chi connectivity index (χ1) is 15.0. The third-order valence-electron chi connectivity index (χ3n) is 4.56. The minimum absolute atomic E-state index is 0.119. The van der Waals surface area contributed by atoms with Crippen molar-refractivity contribution in [2.45, 2.75) is 45.3 Å². The van der Waals surface area contributed by atoms with Gasteiger partial charge in [0.1, 0.15) is 15.5 Å². The minimum Gasteiger partial charge on any atom is -0.467 e. The first-order valence-corrected chi connectivity index (χ1v) is 11.9. The minimum atomic E-state index is -0.468. The number of carbonyl (C=O) groups is 2. The predicted molar refractivity (Wildman–Crippen MR) is 121 cm³/mol. The van der Waals surface area contributed by atoms with Crippen molar-refractivity contribution in [3.8, 4) is 0 Å². The molecule has 3 aromatic heterocycles. The molecule has 0 saturated heterocycles. The molecule has 8 nitrogen and oxygen atoms in total. The van der Waals surface area contributed by atoms with Crippen molar-refractivity contribution in [1.29, 1.82) is 0 Å². The van der Waals surface area contributed by atoms with Crippen LogP contribution in [-0.4, -0.2) is 40.3 Å². The van der Waals surface area contributed by atoms with Crippen LogP contribution < -0.4 is 10.9 Å². The molecule has 0 aliphatic heterocycles. The largest absolute Gasteiger partial charge is 0.467 e. The van der Waals surface area contributed by atoms with E-state index in [-0.39, 0.29) is 30.4 Å². The number of fused-ring (bicyclic) bond motifs is 1. The molecular weight excluding hydrogens is 438 g/mol.